The summed E-state index contributed by atoms with van der Waals surface area (Å²) in [5.74, 6) is -0.272. The highest BCUT2D eigenvalue weighted by Gasteiger charge is 2.21. The van der Waals surface area contributed by atoms with E-state index in [1.165, 1.54) is 11.8 Å². The molecule has 5 nitrogen and oxygen atoms in total. The summed E-state index contributed by atoms with van der Waals surface area (Å²) in [4.78, 5) is 13.1. The van der Waals surface area contributed by atoms with Gasteiger partial charge < -0.3 is 15.1 Å². The zero-order chi connectivity index (χ0) is 19.3. The second kappa shape index (κ2) is 9.11. The van der Waals surface area contributed by atoms with Crippen LogP contribution in [0, 0.1) is 5.82 Å². The zero-order valence-corrected chi connectivity index (χ0v) is 17.4. The number of nitrogens with zero attached hydrogens (tertiary/aromatic N) is 4. The molecule has 0 atom stereocenters. The van der Waals surface area contributed by atoms with E-state index >= 15 is 0 Å². The van der Waals surface area contributed by atoms with Crippen LogP contribution in [0.4, 0.5) is 10.1 Å². The highest BCUT2D eigenvalue weighted by atomic mass is 79.9. The molecule has 4 rings (SSSR count). The Hall–Kier alpha value is -1.83. The van der Waals surface area contributed by atoms with Crippen LogP contribution >= 0.6 is 15.9 Å². The number of aromatic nitrogens is 2. The van der Waals surface area contributed by atoms with E-state index in [4.69, 9.17) is 0 Å². The van der Waals surface area contributed by atoms with E-state index in [0.29, 0.717) is 6.04 Å². The number of rotatable bonds is 6. The van der Waals surface area contributed by atoms with E-state index in [-0.39, 0.29) is 5.82 Å². The van der Waals surface area contributed by atoms with Crippen molar-refractivity contribution < 1.29 is 4.39 Å². The summed E-state index contributed by atoms with van der Waals surface area (Å²) in [6.45, 7) is 5.73. The monoisotopic (exact) mass is 445 g/mol. The molecule has 4 heterocycles. The van der Waals surface area contributed by atoms with Crippen LogP contribution in [0.2, 0.25) is 0 Å². The summed E-state index contributed by atoms with van der Waals surface area (Å²) in [5, 5.41) is 3.65. The predicted molar refractivity (Wildman–Crippen MR) is 114 cm³/mol. The number of pyridine rings is 2. The molecule has 1 saturated heterocycles. The van der Waals surface area contributed by atoms with Crippen molar-refractivity contribution in [2.24, 2.45) is 0 Å². The highest BCUT2D eigenvalue weighted by Crippen LogP contribution is 2.24. The maximum Gasteiger partial charge on any atom is 0.143 e. The lowest BCUT2D eigenvalue weighted by molar-refractivity contribution is 0.201. The second-order valence-corrected chi connectivity index (χ2v) is 8.33. The summed E-state index contributed by atoms with van der Waals surface area (Å²) >= 11 is 3.47. The van der Waals surface area contributed by atoms with Gasteiger partial charge in [-0.2, -0.15) is 0 Å². The fourth-order valence-electron chi connectivity index (χ4n) is 3.86. The average Bonchev–Trinajstić information content (AvgIpc) is 2.71. The van der Waals surface area contributed by atoms with Gasteiger partial charge in [-0.05, 0) is 59.6 Å². The van der Waals surface area contributed by atoms with Crippen molar-refractivity contribution in [1.82, 2.24) is 20.2 Å². The molecule has 1 fully saturated rings. The maximum absolute atomic E-state index is 13.6. The first-order chi connectivity index (χ1) is 13.7. The van der Waals surface area contributed by atoms with Crippen LogP contribution in [0.15, 0.2) is 41.3 Å². The molecule has 28 heavy (non-hydrogen) atoms. The molecule has 2 aromatic rings. The van der Waals surface area contributed by atoms with E-state index in [2.05, 4.69) is 53.2 Å². The largest absolute Gasteiger partial charge is 0.365 e. The van der Waals surface area contributed by atoms with Crippen molar-refractivity contribution >= 4 is 27.7 Å². The molecule has 0 bridgehead atoms. The minimum atomic E-state index is -0.272. The Balaban J connectivity index is 1.22. The summed E-state index contributed by atoms with van der Waals surface area (Å²) in [5.41, 5.74) is 2.97. The predicted octanol–water partition coefficient (Wildman–Crippen LogP) is 3.47. The van der Waals surface area contributed by atoms with Crippen molar-refractivity contribution in [3.05, 3.63) is 58.3 Å². The molecule has 0 radical (unpaired) electrons. The summed E-state index contributed by atoms with van der Waals surface area (Å²) in [6.07, 6.45) is 11.4. The fourth-order valence-corrected chi connectivity index (χ4v) is 4.27. The Morgan fingerprint density at radius 3 is 2.82 bits per heavy atom. The van der Waals surface area contributed by atoms with Crippen molar-refractivity contribution in [1.29, 1.82) is 0 Å². The van der Waals surface area contributed by atoms with Gasteiger partial charge in [0.15, 0.2) is 0 Å². The normalized spacial score (nSPS) is 17.7. The second-order valence-electron chi connectivity index (χ2n) is 7.41. The van der Waals surface area contributed by atoms with Gasteiger partial charge in [-0.15, -0.1) is 0 Å². The topological polar surface area (TPSA) is 44.3 Å². The molecule has 0 aliphatic carbocycles. The molecule has 148 valence electrons. The van der Waals surface area contributed by atoms with Crippen LogP contribution in [-0.4, -0.2) is 53.6 Å². The molecule has 2 aliphatic rings. The smallest absolute Gasteiger partial charge is 0.143 e. The van der Waals surface area contributed by atoms with Gasteiger partial charge in [-0.1, -0.05) is 6.08 Å². The van der Waals surface area contributed by atoms with Gasteiger partial charge in [0.25, 0.3) is 0 Å². The number of nitrogens with one attached hydrogen (secondary N) is 1. The number of piperidine rings is 1. The Kier molecular flexibility index (Phi) is 6.34. The quantitative estimate of drug-likeness (QED) is 0.737. The van der Waals surface area contributed by atoms with Crippen molar-refractivity contribution in [3.8, 4) is 0 Å². The standard InChI is InChI=1S/C21H25BrFN5/c22-17-10-16(12-24-14-17)13-25-19-3-6-27(7-4-19)8-9-28-5-1-2-20-21(28)11-18(23)15-26-20/h1-2,10-12,14-15,19,25H,3-9,13H2. The number of anilines is 1. The van der Waals surface area contributed by atoms with E-state index in [1.54, 1.807) is 6.07 Å². The van der Waals surface area contributed by atoms with Crippen LogP contribution in [0.3, 0.4) is 0 Å². The minimum Gasteiger partial charge on any atom is -0.365 e. The molecule has 7 heteroatoms. The van der Waals surface area contributed by atoms with Gasteiger partial charge in [0.2, 0.25) is 0 Å². The number of halogens is 2. The van der Waals surface area contributed by atoms with E-state index in [0.717, 1.165) is 68.0 Å². The summed E-state index contributed by atoms with van der Waals surface area (Å²) < 4.78 is 14.6. The number of hydrogen-bond donors (Lipinski definition) is 1. The van der Waals surface area contributed by atoms with Crippen molar-refractivity contribution in [2.75, 3.05) is 37.6 Å². The third-order valence-electron chi connectivity index (χ3n) is 5.44. The van der Waals surface area contributed by atoms with Gasteiger partial charge in [-0.3, -0.25) is 9.97 Å². The van der Waals surface area contributed by atoms with E-state index in [1.807, 2.05) is 18.5 Å². The highest BCUT2D eigenvalue weighted by molar-refractivity contribution is 9.10. The molecule has 1 N–H and O–H groups in total. The lowest BCUT2D eigenvalue weighted by Gasteiger charge is -2.35. The van der Waals surface area contributed by atoms with Gasteiger partial charge in [-0.25, -0.2) is 4.39 Å². The Morgan fingerprint density at radius 2 is 2.00 bits per heavy atom. The summed E-state index contributed by atoms with van der Waals surface area (Å²) in [6, 6.07) is 4.25. The van der Waals surface area contributed by atoms with Crippen LogP contribution in [0.1, 0.15) is 24.1 Å². The Bertz CT molecular complexity index is 835. The number of hydrogen-bond acceptors (Lipinski definition) is 5. The molecule has 0 unspecified atom stereocenters. The third-order valence-corrected chi connectivity index (χ3v) is 5.87. The molecule has 0 aromatic carbocycles. The van der Waals surface area contributed by atoms with Crippen LogP contribution in [-0.2, 0) is 6.54 Å². The van der Waals surface area contributed by atoms with E-state index in [9.17, 15) is 4.39 Å². The first-order valence-electron chi connectivity index (χ1n) is 9.79. The first-order valence-corrected chi connectivity index (χ1v) is 10.6. The minimum absolute atomic E-state index is 0.272. The lowest BCUT2D eigenvalue weighted by Crippen LogP contribution is -2.45. The molecular formula is C21H25BrFN5. The fraction of sp³-hybridized carbons (Fsp3) is 0.429. The maximum atomic E-state index is 13.6. The van der Waals surface area contributed by atoms with Gasteiger partial charge in [0.05, 0.1) is 17.6 Å². The van der Waals surface area contributed by atoms with Gasteiger partial charge in [0.1, 0.15) is 5.82 Å². The summed E-state index contributed by atoms with van der Waals surface area (Å²) in [7, 11) is 0. The Labute approximate surface area is 173 Å². The molecule has 2 aliphatic heterocycles. The zero-order valence-electron chi connectivity index (χ0n) is 15.8. The molecular weight excluding hydrogens is 421 g/mol. The number of fused-ring (bicyclic) bond motifs is 1. The van der Waals surface area contributed by atoms with E-state index < -0.39 is 0 Å². The van der Waals surface area contributed by atoms with Crippen LogP contribution < -0.4 is 10.2 Å². The van der Waals surface area contributed by atoms with Crippen molar-refractivity contribution in [3.63, 3.8) is 0 Å². The van der Waals surface area contributed by atoms with Crippen molar-refractivity contribution in [2.45, 2.75) is 25.4 Å². The third kappa shape index (κ3) is 4.96. The van der Waals surface area contributed by atoms with Gasteiger partial charge in [0, 0.05) is 55.2 Å². The molecule has 2 aromatic heterocycles. The number of likely N-dealkylation sites (tertiary alicyclic amines) is 1. The SMILES string of the molecule is Fc1cnc2c(c1)N(CCN1CCC(NCc3cncc(Br)c3)CC1)CC=C2. The Morgan fingerprint density at radius 1 is 1.14 bits per heavy atom. The van der Waals surface area contributed by atoms with Crippen LogP contribution in [0.5, 0.6) is 0 Å². The van der Waals surface area contributed by atoms with Crippen LogP contribution in [0.25, 0.3) is 6.08 Å². The molecule has 0 spiro atoms. The van der Waals surface area contributed by atoms with Gasteiger partial charge >= 0.3 is 0 Å². The molecule has 0 saturated carbocycles. The lowest BCUT2D eigenvalue weighted by atomic mass is 10.0. The first kappa shape index (κ1) is 19.5. The molecule has 0 amide bonds. The average molecular weight is 446 g/mol.